The summed E-state index contributed by atoms with van der Waals surface area (Å²) in [5.41, 5.74) is 0. The fraction of sp³-hybridized carbons (Fsp3) is 0.571. The van der Waals surface area contributed by atoms with Crippen LogP contribution in [0, 0.1) is 0 Å². The van der Waals surface area contributed by atoms with Crippen LogP contribution in [0.15, 0.2) is 30.3 Å². The van der Waals surface area contributed by atoms with Crippen molar-refractivity contribution >= 4 is 42.7 Å². The van der Waals surface area contributed by atoms with Gasteiger partial charge in [-0.05, 0) is 18.6 Å². The van der Waals surface area contributed by atoms with Gasteiger partial charge in [0.15, 0.2) is 0 Å². The molecule has 1 nitrogen and oxygen atoms in total. The fourth-order valence-corrected chi connectivity index (χ4v) is 3.03. The van der Waals surface area contributed by atoms with Crippen LogP contribution in [0.2, 0.25) is 0 Å². The minimum atomic E-state index is -1.15. The second-order valence-corrected chi connectivity index (χ2v) is 5.93. The van der Waals surface area contributed by atoms with Crippen molar-refractivity contribution in [3.05, 3.63) is 30.3 Å². The number of hydrogen-bond donors (Lipinski definition) is 0. The normalized spacial score (nSPS) is 10.8. The van der Waals surface area contributed by atoms with E-state index in [1.54, 1.807) is 0 Å². The Morgan fingerprint density at radius 1 is 0.941 bits per heavy atom. The maximum atomic E-state index is 11.9. The summed E-state index contributed by atoms with van der Waals surface area (Å²) in [6.07, 6.45) is 8.45. The molecule has 0 bridgehead atoms. The van der Waals surface area contributed by atoms with Crippen LogP contribution in [0.3, 0.4) is 0 Å². The first-order valence-electron chi connectivity index (χ1n) is 6.34. The Bertz CT molecular complexity index is 300. The Balaban J connectivity index is 0.00000256. The van der Waals surface area contributed by atoms with Crippen molar-refractivity contribution in [3.8, 4) is 0 Å². The molecule has 0 saturated heterocycles. The van der Waals surface area contributed by atoms with Gasteiger partial charge in [0.2, 0.25) is 0 Å². The number of benzene rings is 1. The van der Waals surface area contributed by atoms with Gasteiger partial charge in [-0.25, -0.2) is 0 Å². The molecule has 0 saturated carbocycles. The number of rotatable bonds is 8. The van der Waals surface area contributed by atoms with Gasteiger partial charge in [-0.2, -0.15) is 0 Å². The summed E-state index contributed by atoms with van der Waals surface area (Å²) < 4.78 is 11.9. The predicted molar refractivity (Wildman–Crippen MR) is 79.1 cm³/mol. The third kappa shape index (κ3) is 8.11. The molecule has 0 fully saturated rings. The van der Waals surface area contributed by atoms with Gasteiger partial charge in [-0.3, -0.25) is 4.57 Å². The average molecular weight is 261 g/mol. The van der Waals surface area contributed by atoms with Crippen molar-refractivity contribution in [2.24, 2.45) is 0 Å². The molecule has 17 heavy (non-hydrogen) atoms. The molecule has 0 amide bonds. The zero-order chi connectivity index (χ0) is 11.6. The van der Waals surface area contributed by atoms with Crippen LogP contribution < -0.4 is 5.30 Å². The first kappa shape index (κ1) is 17.3. The van der Waals surface area contributed by atoms with Crippen molar-refractivity contribution in [3.63, 3.8) is 0 Å². The summed E-state index contributed by atoms with van der Waals surface area (Å²) in [6, 6.07) is 9.83. The first-order chi connectivity index (χ1) is 7.84. The predicted octanol–water partition coefficient (Wildman–Crippen LogP) is 3.85. The summed E-state index contributed by atoms with van der Waals surface area (Å²) in [5.74, 6) is 0. The molecule has 0 N–H and O–H groups in total. The Morgan fingerprint density at radius 2 is 1.53 bits per heavy atom. The van der Waals surface area contributed by atoms with E-state index < -0.39 is 7.80 Å². The quantitative estimate of drug-likeness (QED) is 0.394. The molecule has 0 aliphatic rings. The molecule has 3 heteroatoms. The minimum absolute atomic E-state index is 0. The van der Waals surface area contributed by atoms with Crippen molar-refractivity contribution in [2.75, 3.05) is 6.16 Å². The summed E-state index contributed by atoms with van der Waals surface area (Å²) in [4.78, 5) is 0. The molecule has 91 valence electrons. The van der Waals surface area contributed by atoms with Gasteiger partial charge in [0.05, 0.1) is 0 Å². The fourth-order valence-electron chi connectivity index (χ4n) is 1.76. The molecule has 1 radical (unpaired) electrons. The van der Waals surface area contributed by atoms with Gasteiger partial charge in [0.1, 0.15) is 7.80 Å². The number of unbranched alkanes of at least 4 members (excludes halogenated alkanes) is 5. The van der Waals surface area contributed by atoms with Gasteiger partial charge in [-0.15, -0.1) is 0 Å². The van der Waals surface area contributed by atoms with Gasteiger partial charge in [0, 0.05) is 11.5 Å². The molecule has 1 aromatic carbocycles. The van der Waals surface area contributed by atoms with E-state index in [0.717, 1.165) is 17.9 Å². The number of hydrogen-bond acceptors (Lipinski definition) is 1. The molecule has 0 aliphatic carbocycles. The third-order valence-electron chi connectivity index (χ3n) is 2.76. The van der Waals surface area contributed by atoms with E-state index in [2.05, 4.69) is 6.92 Å². The van der Waals surface area contributed by atoms with Crippen molar-refractivity contribution in [2.45, 2.75) is 45.4 Å². The Kier molecular flexibility index (Phi) is 11.6. The standard InChI is InChI=1S/C14H22OP.Na.H/c1-2-3-4-5-6-10-13-16(15)14-11-8-7-9-12-14;;/h7-9,11-12H,2-6,10,13H2,1H3;;. The maximum absolute atomic E-state index is 11.9. The van der Waals surface area contributed by atoms with E-state index in [4.69, 9.17) is 0 Å². The van der Waals surface area contributed by atoms with Crippen molar-refractivity contribution in [1.29, 1.82) is 0 Å². The van der Waals surface area contributed by atoms with Gasteiger partial charge in [-0.1, -0.05) is 57.2 Å². The van der Waals surface area contributed by atoms with E-state index in [-0.39, 0.29) is 29.6 Å². The SMILES string of the molecule is CCCCCCCC[P](=O)c1ccccc1.[NaH]. The van der Waals surface area contributed by atoms with Crippen LogP contribution >= 0.6 is 7.80 Å². The van der Waals surface area contributed by atoms with E-state index in [0.29, 0.717) is 0 Å². The summed E-state index contributed by atoms with van der Waals surface area (Å²) in [5, 5.41) is 1.01. The summed E-state index contributed by atoms with van der Waals surface area (Å²) in [6.45, 7) is 2.23. The monoisotopic (exact) mass is 261 g/mol. The molecule has 0 heterocycles. The molecule has 1 rings (SSSR count). The van der Waals surface area contributed by atoms with Crippen LogP contribution in [-0.4, -0.2) is 35.7 Å². The van der Waals surface area contributed by atoms with Crippen molar-refractivity contribution in [1.82, 2.24) is 0 Å². The van der Waals surface area contributed by atoms with E-state index in [1.807, 2.05) is 30.3 Å². The molecule has 1 atom stereocenters. The van der Waals surface area contributed by atoms with Crippen LogP contribution in [-0.2, 0) is 4.57 Å². The molecular weight excluding hydrogens is 238 g/mol. The Morgan fingerprint density at radius 3 is 2.18 bits per heavy atom. The van der Waals surface area contributed by atoms with Gasteiger partial charge < -0.3 is 0 Å². The zero-order valence-electron chi connectivity index (χ0n) is 10.2. The van der Waals surface area contributed by atoms with Crippen molar-refractivity contribution < 1.29 is 4.57 Å². The second-order valence-electron chi connectivity index (χ2n) is 4.21. The molecule has 1 aromatic rings. The van der Waals surface area contributed by atoms with Gasteiger partial charge >= 0.3 is 29.6 Å². The summed E-state index contributed by atoms with van der Waals surface area (Å²) >= 11 is 0. The second kappa shape index (κ2) is 11.4. The molecule has 0 aliphatic heterocycles. The van der Waals surface area contributed by atoms with Crippen LogP contribution in [0.5, 0.6) is 0 Å². The van der Waals surface area contributed by atoms with E-state index in [1.165, 1.54) is 32.1 Å². The first-order valence-corrected chi connectivity index (χ1v) is 7.79. The third-order valence-corrected chi connectivity index (χ3v) is 4.36. The zero-order valence-corrected chi connectivity index (χ0v) is 11.1. The molecule has 0 aromatic heterocycles. The van der Waals surface area contributed by atoms with Crippen LogP contribution in [0.1, 0.15) is 45.4 Å². The molecule has 1 unspecified atom stereocenters. The Hall–Kier alpha value is 0.320. The van der Waals surface area contributed by atoms with E-state index >= 15 is 0 Å². The van der Waals surface area contributed by atoms with Gasteiger partial charge in [0.25, 0.3) is 0 Å². The molecular formula is C14H23NaOP. The molecule has 0 spiro atoms. The van der Waals surface area contributed by atoms with E-state index in [9.17, 15) is 4.57 Å². The average Bonchev–Trinajstić information content (AvgIpc) is 2.34. The topological polar surface area (TPSA) is 17.1 Å². The summed E-state index contributed by atoms with van der Waals surface area (Å²) in [7, 11) is -1.15. The van der Waals surface area contributed by atoms with Crippen LogP contribution in [0.25, 0.3) is 0 Å². The van der Waals surface area contributed by atoms with Crippen LogP contribution in [0.4, 0.5) is 0 Å². The Labute approximate surface area is 128 Å².